The van der Waals surface area contributed by atoms with Gasteiger partial charge in [-0.15, -0.1) is 0 Å². The van der Waals surface area contributed by atoms with Crippen LogP contribution >= 0.6 is 0 Å². The van der Waals surface area contributed by atoms with E-state index in [2.05, 4.69) is 0 Å². The highest BCUT2D eigenvalue weighted by Gasteiger charge is 2.45. The molecule has 146 valence electrons. The lowest BCUT2D eigenvalue weighted by atomic mass is 9.94. The van der Waals surface area contributed by atoms with Crippen molar-refractivity contribution < 1.29 is 29.0 Å². The summed E-state index contributed by atoms with van der Waals surface area (Å²) in [5.41, 5.74) is 0.931. The van der Waals surface area contributed by atoms with E-state index in [0.29, 0.717) is 17.0 Å². The third-order valence-electron chi connectivity index (χ3n) is 4.76. The van der Waals surface area contributed by atoms with E-state index >= 15 is 0 Å². The minimum Gasteiger partial charge on any atom is -0.508 e. The van der Waals surface area contributed by atoms with Gasteiger partial charge in [0.2, 0.25) is 5.78 Å². The molecule has 7 heteroatoms. The van der Waals surface area contributed by atoms with Crippen LogP contribution in [-0.2, 0) is 4.79 Å². The Labute approximate surface area is 166 Å². The molecule has 0 radical (unpaired) electrons. The summed E-state index contributed by atoms with van der Waals surface area (Å²) in [5, 5.41) is 20.2. The second-order valence-electron chi connectivity index (χ2n) is 6.44. The first-order chi connectivity index (χ1) is 14.0. The minimum absolute atomic E-state index is 0.0136. The van der Waals surface area contributed by atoms with Crippen LogP contribution in [0, 0.1) is 0 Å². The Bertz CT molecular complexity index is 1080. The van der Waals surface area contributed by atoms with Crippen LogP contribution in [0.25, 0.3) is 0 Å². The van der Waals surface area contributed by atoms with Crippen LogP contribution in [0.15, 0.2) is 82.7 Å². The number of benzene rings is 2. The van der Waals surface area contributed by atoms with Gasteiger partial charge in [0.25, 0.3) is 5.91 Å². The lowest BCUT2D eigenvalue weighted by molar-refractivity contribution is -0.117. The lowest BCUT2D eigenvalue weighted by Crippen LogP contribution is -2.31. The van der Waals surface area contributed by atoms with E-state index in [-0.39, 0.29) is 17.1 Å². The summed E-state index contributed by atoms with van der Waals surface area (Å²) < 4.78 is 10.3. The molecule has 0 spiro atoms. The first kappa shape index (κ1) is 18.4. The Balaban J connectivity index is 1.85. The molecule has 1 aliphatic heterocycles. The number of phenols is 1. The zero-order valence-corrected chi connectivity index (χ0v) is 15.4. The topological polar surface area (TPSA) is 100 Å². The fourth-order valence-electron chi connectivity index (χ4n) is 3.36. The van der Waals surface area contributed by atoms with Crippen molar-refractivity contribution in [2.75, 3.05) is 12.0 Å². The number of hydrogen-bond acceptors (Lipinski definition) is 6. The Kier molecular flexibility index (Phi) is 4.56. The molecule has 7 nitrogen and oxygen atoms in total. The SMILES string of the molecule is COc1ccc(N2C(=O)C(O)=C(C(=O)c3ccco3)C2c2ccc(O)cc2)cc1. The van der Waals surface area contributed by atoms with Gasteiger partial charge in [-0.3, -0.25) is 14.5 Å². The maximum absolute atomic E-state index is 13.0. The number of nitrogens with zero attached hydrogens (tertiary/aromatic N) is 1. The molecule has 0 saturated carbocycles. The number of methoxy groups -OCH3 is 1. The number of aromatic hydroxyl groups is 1. The number of ether oxygens (including phenoxy) is 1. The van der Waals surface area contributed by atoms with Crippen molar-refractivity contribution >= 4 is 17.4 Å². The van der Waals surface area contributed by atoms with E-state index in [1.807, 2.05) is 0 Å². The second kappa shape index (κ2) is 7.20. The highest BCUT2D eigenvalue weighted by Crippen LogP contribution is 2.42. The maximum atomic E-state index is 13.0. The van der Waals surface area contributed by atoms with E-state index in [1.54, 1.807) is 42.5 Å². The van der Waals surface area contributed by atoms with Crippen LogP contribution in [0.3, 0.4) is 0 Å². The molecule has 4 rings (SSSR count). The molecule has 0 saturated heterocycles. The Morgan fingerprint density at radius 3 is 2.31 bits per heavy atom. The van der Waals surface area contributed by atoms with Crippen LogP contribution in [0.5, 0.6) is 11.5 Å². The van der Waals surface area contributed by atoms with E-state index in [1.165, 1.54) is 36.5 Å². The molecule has 29 heavy (non-hydrogen) atoms. The van der Waals surface area contributed by atoms with Gasteiger partial charge >= 0.3 is 0 Å². The van der Waals surface area contributed by atoms with Crippen LogP contribution in [0.4, 0.5) is 5.69 Å². The molecular weight excluding hydrogens is 374 g/mol. The normalized spacial score (nSPS) is 16.4. The van der Waals surface area contributed by atoms with Gasteiger partial charge in [-0.2, -0.15) is 0 Å². The number of aliphatic hydroxyl groups is 1. The molecule has 2 aromatic carbocycles. The van der Waals surface area contributed by atoms with Gasteiger partial charge in [0.05, 0.1) is 25.0 Å². The highest BCUT2D eigenvalue weighted by atomic mass is 16.5. The third-order valence-corrected chi connectivity index (χ3v) is 4.76. The number of anilines is 1. The fourth-order valence-corrected chi connectivity index (χ4v) is 3.36. The van der Waals surface area contributed by atoms with Gasteiger partial charge in [0, 0.05) is 5.69 Å². The maximum Gasteiger partial charge on any atom is 0.294 e. The smallest absolute Gasteiger partial charge is 0.294 e. The zero-order chi connectivity index (χ0) is 20.5. The van der Waals surface area contributed by atoms with Crippen molar-refractivity contribution in [3.05, 3.63) is 89.6 Å². The molecular formula is C22H17NO6. The number of rotatable bonds is 5. The first-order valence-corrected chi connectivity index (χ1v) is 8.79. The number of Topliss-reactive ketones (excluding diaryl/α,β-unsaturated/α-hetero) is 1. The first-order valence-electron chi connectivity index (χ1n) is 8.79. The Morgan fingerprint density at radius 2 is 1.72 bits per heavy atom. The van der Waals surface area contributed by atoms with Crippen molar-refractivity contribution in [1.82, 2.24) is 0 Å². The number of carbonyl (C=O) groups excluding carboxylic acids is 2. The second-order valence-corrected chi connectivity index (χ2v) is 6.44. The van der Waals surface area contributed by atoms with Crippen LogP contribution in [-0.4, -0.2) is 29.0 Å². The summed E-state index contributed by atoms with van der Waals surface area (Å²) in [4.78, 5) is 27.3. The number of amides is 1. The fraction of sp³-hybridized carbons (Fsp3) is 0.0909. The molecule has 3 aromatic rings. The van der Waals surface area contributed by atoms with E-state index < -0.39 is 23.5 Å². The largest absolute Gasteiger partial charge is 0.508 e. The van der Waals surface area contributed by atoms with Crippen molar-refractivity contribution in [2.45, 2.75) is 6.04 Å². The van der Waals surface area contributed by atoms with Crippen molar-refractivity contribution in [1.29, 1.82) is 0 Å². The van der Waals surface area contributed by atoms with Crippen molar-refractivity contribution in [2.24, 2.45) is 0 Å². The van der Waals surface area contributed by atoms with Crippen molar-refractivity contribution in [3.8, 4) is 11.5 Å². The summed E-state index contributed by atoms with van der Waals surface area (Å²) in [6.07, 6.45) is 1.35. The molecule has 1 aliphatic rings. The third kappa shape index (κ3) is 3.12. The van der Waals surface area contributed by atoms with Gasteiger partial charge in [-0.1, -0.05) is 12.1 Å². The number of furan rings is 1. The summed E-state index contributed by atoms with van der Waals surface area (Å²) >= 11 is 0. The van der Waals surface area contributed by atoms with E-state index in [9.17, 15) is 19.8 Å². The van der Waals surface area contributed by atoms with Gasteiger partial charge in [-0.05, 0) is 54.1 Å². The van der Waals surface area contributed by atoms with Crippen molar-refractivity contribution in [3.63, 3.8) is 0 Å². The molecule has 0 bridgehead atoms. The zero-order valence-electron chi connectivity index (χ0n) is 15.4. The standard InChI is InChI=1S/C22H17NO6/c1-28-16-10-6-14(7-11-16)23-19(13-4-8-15(24)9-5-13)18(21(26)22(23)27)20(25)17-3-2-12-29-17/h2-12,19,24,26H,1H3. The van der Waals surface area contributed by atoms with Gasteiger partial charge in [-0.25, -0.2) is 0 Å². The molecule has 1 atom stereocenters. The predicted octanol–water partition coefficient (Wildman–Crippen LogP) is 3.78. The molecule has 1 amide bonds. The minimum atomic E-state index is -0.894. The van der Waals surface area contributed by atoms with Gasteiger partial charge < -0.3 is 19.4 Å². The van der Waals surface area contributed by atoms with E-state index in [4.69, 9.17) is 9.15 Å². The Hall–Kier alpha value is -4.00. The van der Waals surface area contributed by atoms with E-state index in [0.717, 1.165) is 0 Å². The van der Waals surface area contributed by atoms with Gasteiger partial charge in [0.1, 0.15) is 11.5 Å². The van der Waals surface area contributed by atoms with Crippen LogP contribution in [0.1, 0.15) is 22.2 Å². The number of hydrogen-bond donors (Lipinski definition) is 2. The Morgan fingerprint density at radius 1 is 1.03 bits per heavy atom. The average Bonchev–Trinajstić information content (AvgIpc) is 3.36. The monoisotopic (exact) mass is 391 g/mol. The quantitative estimate of drug-likeness (QED) is 0.642. The predicted molar refractivity (Wildman–Crippen MR) is 104 cm³/mol. The molecule has 1 aromatic heterocycles. The van der Waals surface area contributed by atoms with Gasteiger partial charge in [0.15, 0.2) is 11.5 Å². The number of phenolic OH excluding ortho intramolecular Hbond substituents is 1. The highest BCUT2D eigenvalue weighted by molar-refractivity contribution is 6.20. The van der Waals surface area contributed by atoms with Crippen LogP contribution in [0.2, 0.25) is 0 Å². The van der Waals surface area contributed by atoms with Crippen LogP contribution < -0.4 is 9.64 Å². The summed E-state index contributed by atoms with van der Waals surface area (Å²) in [7, 11) is 1.53. The molecule has 0 aliphatic carbocycles. The number of aliphatic hydroxyl groups excluding tert-OH is 1. The molecule has 1 unspecified atom stereocenters. The summed E-state index contributed by atoms with van der Waals surface area (Å²) in [6, 6.07) is 14.9. The molecule has 2 heterocycles. The summed E-state index contributed by atoms with van der Waals surface area (Å²) in [5.74, 6) is -1.27. The summed E-state index contributed by atoms with van der Waals surface area (Å²) in [6.45, 7) is 0. The molecule has 0 fully saturated rings. The number of carbonyl (C=O) groups is 2. The number of ketones is 1. The lowest BCUT2D eigenvalue weighted by Gasteiger charge is -2.27. The molecule has 2 N–H and O–H groups in total. The average molecular weight is 391 g/mol.